The molecule has 3 rings (SSSR count). The molecule has 1 aliphatic heterocycles. The maximum absolute atomic E-state index is 11.4. The first-order valence-corrected chi connectivity index (χ1v) is 16.3. The lowest BCUT2D eigenvalue weighted by molar-refractivity contribution is -0.216. The van der Waals surface area contributed by atoms with E-state index < -0.39 is 22.7 Å². The van der Waals surface area contributed by atoms with Crippen molar-refractivity contribution < 1.29 is 25.2 Å². The second kappa shape index (κ2) is 13.7. The van der Waals surface area contributed by atoms with Crippen LogP contribution in [-0.4, -0.2) is 55.0 Å². The minimum Gasteiger partial charge on any atom is -0.393 e. The van der Waals surface area contributed by atoms with Crippen LogP contribution in [0.5, 0.6) is 0 Å². The molecule has 0 bridgehead atoms. The van der Waals surface area contributed by atoms with Gasteiger partial charge in [-0.1, -0.05) is 123 Å². The Kier molecular flexibility index (Phi) is 11.2. The highest BCUT2D eigenvalue weighted by atomic mass is 16.6. The fourth-order valence-corrected chi connectivity index (χ4v) is 7.48. The van der Waals surface area contributed by atoms with Crippen molar-refractivity contribution in [2.45, 2.75) is 130 Å². The van der Waals surface area contributed by atoms with Gasteiger partial charge in [0.25, 0.3) is 0 Å². The van der Waals surface area contributed by atoms with E-state index in [1.165, 1.54) is 0 Å². The van der Waals surface area contributed by atoms with Gasteiger partial charge in [0, 0.05) is 23.7 Å². The summed E-state index contributed by atoms with van der Waals surface area (Å²) in [5.74, 6) is 0. The van der Waals surface area contributed by atoms with Crippen LogP contribution in [0.2, 0.25) is 0 Å². The highest BCUT2D eigenvalue weighted by molar-refractivity contribution is 5.37. The summed E-state index contributed by atoms with van der Waals surface area (Å²) >= 11 is 0. The van der Waals surface area contributed by atoms with Gasteiger partial charge in [0.15, 0.2) is 0 Å². The number of ether oxygens (including phenoxy) is 1. The lowest BCUT2D eigenvalue weighted by Gasteiger charge is -2.54. The van der Waals surface area contributed by atoms with E-state index in [0.717, 1.165) is 28.7 Å². The summed E-state index contributed by atoms with van der Waals surface area (Å²) in [7, 11) is 0. The molecule has 0 aromatic carbocycles. The first-order chi connectivity index (χ1) is 20.7. The topological polar surface area (TPSA) is 93.5 Å². The molecule has 5 heteroatoms. The van der Waals surface area contributed by atoms with Crippen LogP contribution < -0.4 is 0 Å². The van der Waals surface area contributed by atoms with Gasteiger partial charge in [-0.05, 0) is 66.5 Å². The Balaban J connectivity index is 1.52. The van der Waals surface area contributed by atoms with Gasteiger partial charge in [0.1, 0.15) is 16.8 Å². The fourth-order valence-electron chi connectivity index (χ4n) is 7.48. The van der Waals surface area contributed by atoms with Crippen molar-refractivity contribution >= 4 is 0 Å². The van der Waals surface area contributed by atoms with E-state index in [4.69, 9.17) is 4.74 Å². The van der Waals surface area contributed by atoms with Crippen LogP contribution in [0.25, 0.3) is 0 Å². The average molecular weight is 619 g/mol. The molecule has 0 aromatic heterocycles. The number of allylic oxidation sites excluding steroid dienone is 16. The maximum Gasteiger partial charge on any atom is 0.121 e. The number of fused-ring (bicyclic) bond motifs is 1. The highest BCUT2D eigenvalue weighted by Crippen LogP contribution is 2.66. The van der Waals surface area contributed by atoms with Gasteiger partial charge in [0.05, 0.1) is 17.8 Å². The molecule has 0 amide bonds. The molecule has 1 heterocycles. The molecule has 2 aliphatic carbocycles. The average Bonchev–Trinajstić information content (AvgIpc) is 3.52. The Hall–Kier alpha value is -2.54. The van der Waals surface area contributed by atoms with E-state index >= 15 is 0 Å². The van der Waals surface area contributed by atoms with Crippen molar-refractivity contribution in [1.82, 2.24) is 0 Å². The molecule has 0 spiro atoms. The zero-order chi connectivity index (χ0) is 33.9. The minimum absolute atomic E-state index is 0.111. The van der Waals surface area contributed by atoms with E-state index in [0.29, 0.717) is 12.8 Å². The van der Waals surface area contributed by atoms with E-state index in [1.54, 1.807) is 13.0 Å². The summed E-state index contributed by atoms with van der Waals surface area (Å²) in [6, 6.07) is 0. The van der Waals surface area contributed by atoms with Gasteiger partial charge in [-0.2, -0.15) is 0 Å². The van der Waals surface area contributed by atoms with Crippen LogP contribution in [0.15, 0.2) is 107 Å². The second-order valence-electron chi connectivity index (χ2n) is 15.4. The van der Waals surface area contributed by atoms with Crippen molar-refractivity contribution in [2.75, 3.05) is 0 Å². The van der Waals surface area contributed by atoms with Gasteiger partial charge in [-0.25, -0.2) is 0 Å². The number of hydrogen-bond donors (Lipinski definition) is 4. The van der Waals surface area contributed by atoms with Crippen molar-refractivity contribution in [1.29, 1.82) is 0 Å². The predicted octanol–water partition coefficient (Wildman–Crippen LogP) is 7.92. The molecule has 3 fully saturated rings. The van der Waals surface area contributed by atoms with Gasteiger partial charge in [-0.3, -0.25) is 0 Å². The molecule has 6 atom stereocenters. The molecule has 5 nitrogen and oxygen atoms in total. The van der Waals surface area contributed by atoms with Crippen LogP contribution in [0.1, 0.15) is 94.9 Å². The summed E-state index contributed by atoms with van der Waals surface area (Å²) < 4.78 is 6.24. The molecule has 3 aliphatic rings. The largest absolute Gasteiger partial charge is 0.393 e. The molecule has 0 unspecified atom stereocenters. The number of aliphatic hydroxyl groups excluding tert-OH is 2. The Labute approximate surface area is 272 Å². The van der Waals surface area contributed by atoms with Crippen LogP contribution in [0.4, 0.5) is 0 Å². The Morgan fingerprint density at radius 1 is 0.556 bits per heavy atom. The predicted molar refractivity (Wildman–Crippen MR) is 187 cm³/mol. The van der Waals surface area contributed by atoms with Crippen LogP contribution in [0, 0.1) is 10.8 Å². The van der Waals surface area contributed by atoms with Gasteiger partial charge >= 0.3 is 0 Å². The number of hydrogen-bond acceptors (Lipinski definition) is 5. The van der Waals surface area contributed by atoms with E-state index in [9.17, 15) is 20.4 Å². The quantitative estimate of drug-likeness (QED) is 0.147. The smallest absolute Gasteiger partial charge is 0.121 e. The molecular weight excluding hydrogens is 560 g/mol. The Morgan fingerprint density at radius 3 is 1.47 bits per heavy atom. The zero-order valence-corrected chi connectivity index (χ0v) is 29.3. The summed E-state index contributed by atoms with van der Waals surface area (Å²) in [6.07, 6.45) is 29.3. The molecule has 248 valence electrons. The van der Waals surface area contributed by atoms with Crippen LogP contribution in [-0.2, 0) is 4.74 Å². The first-order valence-electron chi connectivity index (χ1n) is 16.3. The number of aliphatic hydroxyl groups is 4. The Bertz CT molecular complexity index is 1340. The summed E-state index contributed by atoms with van der Waals surface area (Å²) in [6.45, 7) is 20.0. The monoisotopic (exact) mass is 618 g/mol. The molecule has 2 saturated carbocycles. The summed E-state index contributed by atoms with van der Waals surface area (Å²) in [5.41, 5.74) is 0.0896. The lowest BCUT2D eigenvalue weighted by Crippen LogP contribution is -2.65. The molecule has 45 heavy (non-hydrogen) atoms. The molecule has 1 saturated heterocycles. The van der Waals surface area contributed by atoms with Gasteiger partial charge in [0.2, 0.25) is 0 Å². The van der Waals surface area contributed by atoms with Crippen molar-refractivity contribution in [3.05, 3.63) is 107 Å². The van der Waals surface area contributed by atoms with Crippen molar-refractivity contribution in [3.63, 3.8) is 0 Å². The second-order valence-corrected chi connectivity index (χ2v) is 15.4. The molecule has 0 aromatic rings. The maximum atomic E-state index is 11.4. The SMILES string of the molecule is CC(=C/C=C/C(C)=C/C=C/C=C(C)/C=C/C=C(C)/C=C/[C@@]1(O)C(C)(C)C[C@H](O)C[C@@]1(C)O)/C=C/[C@@]12O[C@]1(C)C[C@@H](O)CC2(C)C. The fraction of sp³-hybridized carbons (Fsp3) is 0.550. The third-order valence-electron chi connectivity index (χ3n) is 10.2. The number of epoxide rings is 1. The first kappa shape index (κ1) is 36.9. The van der Waals surface area contributed by atoms with Crippen molar-refractivity contribution in [2.24, 2.45) is 10.8 Å². The van der Waals surface area contributed by atoms with Gasteiger partial charge in [-0.15, -0.1) is 0 Å². The highest BCUT2D eigenvalue weighted by Gasteiger charge is 2.74. The van der Waals surface area contributed by atoms with Crippen molar-refractivity contribution in [3.8, 4) is 0 Å². The van der Waals surface area contributed by atoms with E-state index in [1.807, 2.05) is 70.2 Å². The Morgan fingerprint density at radius 2 is 0.978 bits per heavy atom. The molecule has 0 radical (unpaired) electrons. The summed E-state index contributed by atoms with van der Waals surface area (Å²) in [5, 5.41) is 42.7. The third kappa shape index (κ3) is 8.25. The molecular formula is C40H58O5. The minimum atomic E-state index is -1.45. The molecule has 4 N–H and O–H groups in total. The van der Waals surface area contributed by atoms with Gasteiger partial charge < -0.3 is 25.2 Å². The lowest BCUT2D eigenvalue weighted by atomic mass is 9.57. The van der Waals surface area contributed by atoms with Crippen LogP contribution >= 0.6 is 0 Å². The summed E-state index contributed by atoms with van der Waals surface area (Å²) in [4.78, 5) is 0. The van der Waals surface area contributed by atoms with E-state index in [-0.39, 0.29) is 29.1 Å². The third-order valence-corrected chi connectivity index (χ3v) is 10.2. The van der Waals surface area contributed by atoms with E-state index in [2.05, 4.69) is 71.1 Å². The number of rotatable bonds is 10. The van der Waals surface area contributed by atoms with Crippen LogP contribution in [0.3, 0.4) is 0 Å². The normalized spacial score (nSPS) is 37.9. The zero-order valence-electron chi connectivity index (χ0n) is 29.3. The standard InChI is InChI=1S/C40H58O5/c1-29(17-13-19-31(3)21-23-39(44)35(5,6)25-33(41)27-37(39,9)43)15-11-12-16-30(2)18-14-20-32(4)22-24-40-36(7,8)26-34(42)28-38(40,10)45-40/h11-24,33-34,41-44H,25-28H2,1-10H3/b12-11+,17-13+,18-14+,23-21+,24-22+,29-15+,30-16+,31-19+,32-20-/t33-,34-,37+,38+,39+,40-/m0/s1.